The number of aryl methyl sites for hydroxylation is 1. The van der Waals surface area contributed by atoms with Crippen LogP contribution in [0.4, 0.5) is 0 Å². The van der Waals surface area contributed by atoms with Crippen LogP contribution in [0.3, 0.4) is 0 Å². The fourth-order valence-electron chi connectivity index (χ4n) is 1.97. The predicted molar refractivity (Wildman–Crippen MR) is 68.8 cm³/mol. The molecule has 0 N–H and O–H groups in total. The van der Waals surface area contributed by atoms with E-state index in [-0.39, 0.29) is 0 Å². The summed E-state index contributed by atoms with van der Waals surface area (Å²) >= 11 is 0. The molecule has 0 atom stereocenters. The van der Waals surface area contributed by atoms with Gasteiger partial charge in [0.2, 0.25) is 0 Å². The number of rotatable bonds is 2. The van der Waals surface area contributed by atoms with Gasteiger partial charge in [0, 0.05) is 13.1 Å². The number of nitrogens with zero attached hydrogens (tertiary/aromatic N) is 2. The first kappa shape index (κ1) is 11.2. The second kappa shape index (κ2) is 5.69. The summed E-state index contributed by atoms with van der Waals surface area (Å²) in [7, 11) is 0. The molecule has 1 aromatic rings. The van der Waals surface area contributed by atoms with E-state index in [1.807, 2.05) is 6.21 Å². The Morgan fingerprint density at radius 1 is 1.00 bits per heavy atom. The number of hydrogen-bond donors (Lipinski definition) is 0. The van der Waals surface area contributed by atoms with E-state index >= 15 is 0 Å². The Morgan fingerprint density at radius 3 is 2.25 bits per heavy atom. The van der Waals surface area contributed by atoms with Gasteiger partial charge < -0.3 is 0 Å². The van der Waals surface area contributed by atoms with Crippen molar-refractivity contribution in [3.05, 3.63) is 35.4 Å². The van der Waals surface area contributed by atoms with E-state index in [0.29, 0.717) is 0 Å². The Balaban J connectivity index is 1.94. The lowest BCUT2D eigenvalue weighted by Crippen LogP contribution is -2.18. The summed E-state index contributed by atoms with van der Waals surface area (Å²) in [6.07, 6.45) is 7.26. The van der Waals surface area contributed by atoms with Crippen LogP contribution < -0.4 is 0 Å². The molecule has 0 radical (unpaired) electrons. The minimum atomic E-state index is 1.11. The zero-order valence-corrected chi connectivity index (χ0v) is 10.0. The molecule has 0 aliphatic carbocycles. The Labute approximate surface area is 98.0 Å². The van der Waals surface area contributed by atoms with Gasteiger partial charge in [0.25, 0.3) is 0 Å². The van der Waals surface area contributed by atoms with Gasteiger partial charge in [0.1, 0.15) is 0 Å². The monoisotopic (exact) mass is 216 g/mol. The van der Waals surface area contributed by atoms with Gasteiger partial charge in [0.05, 0.1) is 6.21 Å². The molecule has 1 heterocycles. The minimum Gasteiger partial charge on any atom is -0.297 e. The van der Waals surface area contributed by atoms with Crippen LogP contribution in [-0.2, 0) is 0 Å². The van der Waals surface area contributed by atoms with Crippen LogP contribution in [0.25, 0.3) is 0 Å². The van der Waals surface area contributed by atoms with Gasteiger partial charge in [-0.25, -0.2) is 0 Å². The Kier molecular flexibility index (Phi) is 3.97. The zero-order chi connectivity index (χ0) is 11.2. The van der Waals surface area contributed by atoms with Crippen LogP contribution in [0.1, 0.15) is 36.8 Å². The zero-order valence-electron chi connectivity index (χ0n) is 10.0. The lowest BCUT2D eigenvalue weighted by molar-refractivity contribution is 0.302. The van der Waals surface area contributed by atoms with Crippen LogP contribution in [0, 0.1) is 6.92 Å². The molecule has 1 aliphatic rings. The molecule has 16 heavy (non-hydrogen) atoms. The van der Waals surface area contributed by atoms with Gasteiger partial charge in [-0.1, -0.05) is 42.7 Å². The molecule has 0 aromatic heterocycles. The van der Waals surface area contributed by atoms with Crippen molar-refractivity contribution in [1.82, 2.24) is 5.01 Å². The first-order valence-electron chi connectivity index (χ1n) is 6.20. The second-order valence-corrected chi connectivity index (χ2v) is 4.52. The number of benzene rings is 1. The van der Waals surface area contributed by atoms with Gasteiger partial charge in [-0.15, -0.1) is 0 Å². The summed E-state index contributed by atoms with van der Waals surface area (Å²) in [5.41, 5.74) is 2.49. The first-order chi connectivity index (χ1) is 7.84. The third-order valence-electron chi connectivity index (χ3n) is 3.03. The summed E-state index contributed by atoms with van der Waals surface area (Å²) in [5, 5.41) is 6.75. The number of hydrogen-bond acceptors (Lipinski definition) is 2. The van der Waals surface area contributed by atoms with Gasteiger partial charge in [-0.2, -0.15) is 5.10 Å². The second-order valence-electron chi connectivity index (χ2n) is 4.52. The highest BCUT2D eigenvalue weighted by molar-refractivity contribution is 5.79. The van der Waals surface area contributed by atoms with Crippen LogP contribution in [0.15, 0.2) is 29.4 Å². The molecule has 86 valence electrons. The quantitative estimate of drug-likeness (QED) is 0.693. The highest BCUT2D eigenvalue weighted by Crippen LogP contribution is 2.09. The third-order valence-corrected chi connectivity index (χ3v) is 3.03. The van der Waals surface area contributed by atoms with Gasteiger partial charge >= 0.3 is 0 Å². The fourth-order valence-corrected chi connectivity index (χ4v) is 1.97. The normalized spacial score (nSPS) is 17.7. The fraction of sp³-hybridized carbons (Fsp3) is 0.500. The van der Waals surface area contributed by atoms with Crippen molar-refractivity contribution in [3.63, 3.8) is 0 Å². The predicted octanol–water partition coefficient (Wildman–Crippen LogP) is 3.20. The molecular formula is C14H20N2. The smallest absolute Gasteiger partial charge is 0.0542 e. The lowest BCUT2D eigenvalue weighted by atomic mass is 10.2. The molecule has 0 unspecified atom stereocenters. The summed E-state index contributed by atoms with van der Waals surface area (Å²) in [5.74, 6) is 0. The molecule has 1 aromatic carbocycles. The van der Waals surface area contributed by atoms with Crippen molar-refractivity contribution in [2.24, 2.45) is 5.10 Å². The summed E-state index contributed by atoms with van der Waals surface area (Å²) in [6.45, 7) is 4.33. The Morgan fingerprint density at radius 2 is 1.62 bits per heavy atom. The molecule has 0 saturated carbocycles. The van der Waals surface area contributed by atoms with Crippen molar-refractivity contribution in [2.45, 2.75) is 32.6 Å². The average molecular weight is 216 g/mol. The van der Waals surface area contributed by atoms with E-state index in [1.165, 1.54) is 36.8 Å². The molecule has 0 spiro atoms. The van der Waals surface area contributed by atoms with Crippen molar-refractivity contribution in [2.75, 3.05) is 13.1 Å². The highest BCUT2D eigenvalue weighted by atomic mass is 15.4. The first-order valence-corrected chi connectivity index (χ1v) is 6.20. The molecule has 1 aliphatic heterocycles. The standard InChI is InChI=1S/C14H20N2/c1-13-6-8-14(9-7-13)12-15-16-10-4-2-3-5-11-16/h6-9,12H,2-5,10-11H2,1H3/b15-12-. The summed E-state index contributed by atoms with van der Waals surface area (Å²) < 4.78 is 0. The van der Waals surface area contributed by atoms with Gasteiger partial charge in [-0.05, 0) is 25.3 Å². The van der Waals surface area contributed by atoms with Crippen molar-refractivity contribution < 1.29 is 0 Å². The van der Waals surface area contributed by atoms with Crippen LogP contribution in [-0.4, -0.2) is 24.3 Å². The maximum Gasteiger partial charge on any atom is 0.0542 e. The summed E-state index contributed by atoms with van der Waals surface area (Å²) in [4.78, 5) is 0. The van der Waals surface area contributed by atoms with Crippen molar-refractivity contribution in [1.29, 1.82) is 0 Å². The minimum absolute atomic E-state index is 1.11. The van der Waals surface area contributed by atoms with Crippen LogP contribution >= 0.6 is 0 Å². The molecule has 0 amide bonds. The molecule has 2 heteroatoms. The molecular weight excluding hydrogens is 196 g/mol. The van der Waals surface area contributed by atoms with Gasteiger partial charge in [-0.3, -0.25) is 5.01 Å². The molecule has 0 bridgehead atoms. The maximum absolute atomic E-state index is 4.55. The number of hydrazone groups is 1. The molecule has 1 saturated heterocycles. The summed E-state index contributed by atoms with van der Waals surface area (Å²) in [6, 6.07) is 8.50. The Bertz CT molecular complexity index is 332. The van der Waals surface area contributed by atoms with Crippen molar-refractivity contribution >= 4 is 6.21 Å². The SMILES string of the molecule is Cc1ccc(/C=N\N2CCCCCC2)cc1. The highest BCUT2D eigenvalue weighted by Gasteiger charge is 2.04. The third kappa shape index (κ3) is 3.37. The van der Waals surface area contributed by atoms with Crippen LogP contribution in [0.5, 0.6) is 0 Å². The average Bonchev–Trinajstić information content (AvgIpc) is 2.57. The lowest BCUT2D eigenvalue weighted by Gasteiger charge is -2.15. The topological polar surface area (TPSA) is 15.6 Å². The molecule has 1 fully saturated rings. The van der Waals surface area contributed by atoms with E-state index < -0.39 is 0 Å². The van der Waals surface area contributed by atoms with E-state index in [2.05, 4.69) is 41.3 Å². The van der Waals surface area contributed by atoms with E-state index in [0.717, 1.165) is 13.1 Å². The van der Waals surface area contributed by atoms with Crippen LogP contribution in [0.2, 0.25) is 0 Å². The maximum atomic E-state index is 4.55. The van der Waals surface area contributed by atoms with Crippen molar-refractivity contribution in [3.8, 4) is 0 Å². The molecule has 2 nitrogen and oxygen atoms in total. The van der Waals surface area contributed by atoms with Gasteiger partial charge in [0.15, 0.2) is 0 Å². The van der Waals surface area contributed by atoms with E-state index in [1.54, 1.807) is 0 Å². The largest absolute Gasteiger partial charge is 0.297 e. The molecule has 2 rings (SSSR count). The Hall–Kier alpha value is -1.31. The van der Waals surface area contributed by atoms with E-state index in [9.17, 15) is 0 Å². The van der Waals surface area contributed by atoms with E-state index in [4.69, 9.17) is 0 Å².